The van der Waals surface area contributed by atoms with Gasteiger partial charge in [0.05, 0.1) is 6.04 Å². The number of hydrogen-bond donors (Lipinski definition) is 0. The Bertz CT molecular complexity index is 1220. The Morgan fingerprint density at radius 2 is 1.52 bits per heavy atom. The summed E-state index contributed by atoms with van der Waals surface area (Å²) in [6.45, 7) is 0.711. The summed E-state index contributed by atoms with van der Waals surface area (Å²) >= 11 is 3.53. The van der Waals surface area contributed by atoms with Gasteiger partial charge in [0.1, 0.15) is 0 Å². The van der Waals surface area contributed by atoms with Gasteiger partial charge in [-0.3, -0.25) is 4.79 Å². The molecule has 5 rings (SSSR count). The highest BCUT2D eigenvalue weighted by atomic mass is 79.9. The van der Waals surface area contributed by atoms with Crippen molar-refractivity contribution in [3.05, 3.63) is 130 Å². The lowest BCUT2D eigenvalue weighted by Crippen LogP contribution is -2.40. The molecule has 4 aromatic carbocycles. The standard InChI is InChI=1S/C28H22BrNO/c29-25-11-6-10-24(19-25)20-13-15-23(16-14-20)28(31)30-18-17-21-7-4-5-12-26(21)27(30)22-8-2-1-3-9-22/h1-16,19,27H,17-18H2/t27-/m0/s1. The minimum absolute atomic E-state index is 0.0663. The van der Waals surface area contributed by atoms with Crippen LogP contribution in [0.3, 0.4) is 0 Å². The van der Waals surface area contributed by atoms with Gasteiger partial charge in [0.2, 0.25) is 0 Å². The van der Waals surface area contributed by atoms with E-state index < -0.39 is 0 Å². The number of rotatable bonds is 3. The maximum atomic E-state index is 13.6. The predicted molar refractivity (Wildman–Crippen MR) is 129 cm³/mol. The van der Waals surface area contributed by atoms with Crippen LogP contribution in [-0.2, 0) is 6.42 Å². The number of amides is 1. The van der Waals surface area contributed by atoms with Crippen molar-refractivity contribution < 1.29 is 4.79 Å². The number of carbonyl (C=O) groups is 1. The molecule has 0 bridgehead atoms. The number of fused-ring (bicyclic) bond motifs is 1. The van der Waals surface area contributed by atoms with Crippen molar-refractivity contribution in [2.75, 3.05) is 6.54 Å². The quantitative estimate of drug-likeness (QED) is 0.320. The maximum Gasteiger partial charge on any atom is 0.254 e. The molecule has 0 saturated carbocycles. The van der Waals surface area contributed by atoms with Gasteiger partial charge in [-0.2, -0.15) is 0 Å². The summed E-state index contributed by atoms with van der Waals surface area (Å²) in [6.07, 6.45) is 0.876. The van der Waals surface area contributed by atoms with Crippen molar-refractivity contribution in [2.45, 2.75) is 12.5 Å². The topological polar surface area (TPSA) is 20.3 Å². The second kappa shape index (κ2) is 8.52. The molecule has 0 aliphatic carbocycles. The van der Waals surface area contributed by atoms with Gasteiger partial charge in [-0.05, 0) is 58.5 Å². The summed E-state index contributed by atoms with van der Waals surface area (Å²) in [5.41, 5.74) is 6.64. The van der Waals surface area contributed by atoms with E-state index >= 15 is 0 Å². The second-order valence-corrected chi connectivity index (χ2v) is 8.76. The first kappa shape index (κ1) is 19.8. The van der Waals surface area contributed by atoms with Gasteiger partial charge in [0, 0.05) is 16.6 Å². The van der Waals surface area contributed by atoms with E-state index in [9.17, 15) is 4.79 Å². The minimum atomic E-state index is -0.0663. The number of hydrogen-bond acceptors (Lipinski definition) is 1. The van der Waals surface area contributed by atoms with Gasteiger partial charge in [-0.25, -0.2) is 0 Å². The summed E-state index contributed by atoms with van der Waals surface area (Å²) in [7, 11) is 0. The lowest BCUT2D eigenvalue weighted by molar-refractivity contribution is 0.0694. The zero-order valence-corrected chi connectivity index (χ0v) is 18.6. The maximum absolute atomic E-state index is 13.6. The molecule has 0 aromatic heterocycles. The molecule has 1 aliphatic rings. The van der Waals surface area contributed by atoms with Crippen molar-refractivity contribution in [1.82, 2.24) is 4.90 Å². The largest absolute Gasteiger partial charge is 0.327 e. The summed E-state index contributed by atoms with van der Waals surface area (Å²) in [5.74, 6) is 0.0733. The van der Waals surface area contributed by atoms with Gasteiger partial charge >= 0.3 is 0 Å². The Morgan fingerprint density at radius 3 is 2.29 bits per heavy atom. The van der Waals surface area contributed by atoms with Crippen LogP contribution < -0.4 is 0 Å². The number of benzene rings is 4. The van der Waals surface area contributed by atoms with E-state index in [1.54, 1.807) is 0 Å². The fourth-order valence-corrected chi connectivity index (χ4v) is 4.82. The lowest BCUT2D eigenvalue weighted by atomic mass is 9.87. The van der Waals surface area contributed by atoms with E-state index in [1.165, 1.54) is 11.1 Å². The second-order valence-electron chi connectivity index (χ2n) is 7.85. The van der Waals surface area contributed by atoms with Crippen LogP contribution >= 0.6 is 15.9 Å². The Kier molecular flexibility index (Phi) is 5.44. The van der Waals surface area contributed by atoms with Gasteiger partial charge in [-0.1, -0.05) is 94.8 Å². The monoisotopic (exact) mass is 467 g/mol. The third-order valence-electron chi connectivity index (χ3n) is 5.95. The lowest BCUT2D eigenvalue weighted by Gasteiger charge is -2.38. The van der Waals surface area contributed by atoms with E-state index in [0.29, 0.717) is 6.54 Å². The van der Waals surface area contributed by atoms with E-state index in [2.05, 4.69) is 64.5 Å². The predicted octanol–water partition coefficient (Wildman–Crippen LogP) is 6.90. The van der Waals surface area contributed by atoms with Gasteiger partial charge in [0.25, 0.3) is 5.91 Å². The van der Waals surface area contributed by atoms with Crippen molar-refractivity contribution in [1.29, 1.82) is 0 Å². The van der Waals surface area contributed by atoms with E-state index in [4.69, 9.17) is 0 Å². The van der Waals surface area contributed by atoms with Crippen LogP contribution in [0.4, 0.5) is 0 Å². The van der Waals surface area contributed by atoms with Crippen LogP contribution in [0.2, 0.25) is 0 Å². The molecule has 1 heterocycles. The molecular formula is C28H22BrNO. The van der Waals surface area contributed by atoms with Crippen LogP contribution in [-0.4, -0.2) is 17.4 Å². The fourth-order valence-electron chi connectivity index (χ4n) is 4.42. The molecule has 0 radical (unpaired) electrons. The average Bonchev–Trinajstić information content (AvgIpc) is 2.83. The van der Waals surface area contributed by atoms with Crippen molar-refractivity contribution in [2.24, 2.45) is 0 Å². The number of halogens is 1. The highest BCUT2D eigenvalue weighted by Gasteiger charge is 2.32. The third kappa shape index (κ3) is 3.94. The van der Waals surface area contributed by atoms with Crippen LogP contribution in [0.25, 0.3) is 11.1 Å². The number of nitrogens with zero attached hydrogens (tertiary/aromatic N) is 1. The first-order valence-corrected chi connectivity index (χ1v) is 11.3. The third-order valence-corrected chi connectivity index (χ3v) is 6.44. The molecule has 1 amide bonds. The van der Waals surface area contributed by atoms with Crippen LogP contribution in [0.5, 0.6) is 0 Å². The van der Waals surface area contributed by atoms with E-state index in [-0.39, 0.29) is 11.9 Å². The minimum Gasteiger partial charge on any atom is -0.327 e. The van der Waals surface area contributed by atoms with Gasteiger partial charge in [0.15, 0.2) is 0 Å². The summed E-state index contributed by atoms with van der Waals surface area (Å²) in [6, 6.07) is 34.9. The molecule has 2 nitrogen and oxygen atoms in total. The summed E-state index contributed by atoms with van der Waals surface area (Å²) in [5, 5.41) is 0. The Balaban J connectivity index is 1.49. The molecule has 0 spiro atoms. The molecule has 0 fully saturated rings. The van der Waals surface area contributed by atoms with Crippen LogP contribution in [0.1, 0.15) is 33.1 Å². The van der Waals surface area contributed by atoms with Crippen molar-refractivity contribution in [3.63, 3.8) is 0 Å². The first-order valence-electron chi connectivity index (χ1n) is 10.5. The number of carbonyl (C=O) groups excluding carboxylic acids is 1. The molecule has 0 unspecified atom stereocenters. The molecule has 4 aromatic rings. The highest BCUT2D eigenvalue weighted by Crippen LogP contribution is 2.36. The molecule has 0 N–H and O–H groups in total. The summed E-state index contributed by atoms with van der Waals surface area (Å²) in [4.78, 5) is 15.6. The van der Waals surface area contributed by atoms with Crippen molar-refractivity contribution in [3.8, 4) is 11.1 Å². The van der Waals surface area contributed by atoms with Crippen LogP contribution in [0.15, 0.2) is 108 Å². The zero-order valence-electron chi connectivity index (χ0n) is 17.0. The molecule has 1 atom stereocenters. The van der Waals surface area contributed by atoms with E-state index in [0.717, 1.165) is 33.1 Å². The van der Waals surface area contributed by atoms with Gasteiger partial charge in [-0.15, -0.1) is 0 Å². The van der Waals surface area contributed by atoms with Crippen LogP contribution in [0, 0.1) is 0 Å². The Hall–Kier alpha value is -3.17. The summed E-state index contributed by atoms with van der Waals surface area (Å²) < 4.78 is 1.04. The normalized spacial score (nSPS) is 15.4. The Morgan fingerprint density at radius 1 is 0.774 bits per heavy atom. The molecule has 152 valence electrons. The van der Waals surface area contributed by atoms with Gasteiger partial charge < -0.3 is 4.90 Å². The highest BCUT2D eigenvalue weighted by molar-refractivity contribution is 9.10. The molecule has 0 saturated heterocycles. The van der Waals surface area contributed by atoms with E-state index in [1.807, 2.05) is 59.5 Å². The first-order chi connectivity index (χ1) is 15.2. The fraction of sp³-hybridized carbons (Fsp3) is 0.107. The molecule has 3 heteroatoms. The smallest absolute Gasteiger partial charge is 0.254 e. The molecule has 1 aliphatic heterocycles. The average molecular weight is 468 g/mol. The SMILES string of the molecule is O=C(c1ccc(-c2cccc(Br)c2)cc1)N1CCc2ccccc2[C@@H]1c1ccccc1. The zero-order chi connectivity index (χ0) is 21.2. The van der Waals surface area contributed by atoms with Crippen molar-refractivity contribution >= 4 is 21.8 Å². The molecule has 31 heavy (non-hydrogen) atoms. The Labute approximate surface area is 191 Å². The molecular weight excluding hydrogens is 446 g/mol.